The first-order valence-electron chi connectivity index (χ1n) is 4.82. The predicted octanol–water partition coefficient (Wildman–Crippen LogP) is -0.0155. The number of benzene rings is 1. The second-order valence-electron chi connectivity index (χ2n) is 3.32. The monoisotopic (exact) mass is 217 g/mol. The van der Waals surface area contributed by atoms with Crippen molar-refractivity contribution in [1.29, 1.82) is 0 Å². The van der Waals surface area contributed by atoms with E-state index in [2.05, 4.69) is 4.98 Å². The SMILES string of the molecule is NCc1cn(-c2ccccc2)c(=O)[nH]c1=O. The molecule has 5 nitrogen and oxygen atoms in total. The van der Waals surface area contributed by atoms with Crippen molar-refractivity contribution in [3.63, 3.8) is 0 Å². The van der Waals surface area contributed by atoms with Crippen molar-refractivity contribution in [2.45, 2.75) is 6.54 Å². The molecule has 0 amide bonds. The summed E-state index contributed by atoms with van der Waals surface area (Å²) >= 11 is 0. The Hall–Kier alpha value is -2.14. The molecule has 5 heteroatoms. The molecule has 0 aliphatic heterocycles. The van der Waals surface area contributed by atoms with Crippen LogP contribution in [-0.4, -0.2) is 9.55 Å². The Kier molecular flexibility index (Phi) is 2.70. The molecule has 0 spiro atoms. The zero-order valence-electron chi connectivity index (χ0n) is 8.51. The summed E-state index contributed by atoms with van der Waals surface area (Å²) in [4.78, 5) is 25.1. The van der Waals surface area contributed by atoms with Crippen LogP contribution in [0.25, 0.3) is 5.69 Å². The summed E-state index contributed by atoms with van der Waals surface area (Å²) in [5.41, 5.74) is 5.59. The number of para-hydroxylation sites is 1. The van der Waals surface area contributed by atoms with Crippen molar-refractivity contribution in [1.82, 2.24) is 9.55 Å². The van der Waals surface area contributed by atoms with Crippen LogP contribution >= 0.6 is 0 Å². The first-order chi connectivity index (χ1) is 7.72. The van der Waals surface area contributed by atoms with E-state index in [-0.39, 0.29) is 6.54 Å². The summed E-state index contributed by atoms with van der Waals surface area (Å²) in [5, 5.41) is 0. The van der Waals surface area contributed by atoms with Gasteiger partial charge in [0.1, 0.15) is 0 Å². The zero-order valence-corrected chi connectivity index (χ0v) is 8.51. The number of hydrogen-bond donors (Lipinski definition) is 2. The van der Waals surface area contributed by atoms with Gasteiger partial charge in [-0.3, -0.25) is 14.3 Å². The lowest BCUT2D eigenvalue weighted by Crippen LogP contribution is -2.31. The summed E-state index contributed by atoms with van der Waals surface area (Å²) in [6, 6.07) is 9.04. The smallest absolute Gasteiger partial charge is 0.326 e. The number of nitrogens with two attached hydrogens (primary N) is 1. The molecular formula is C11H11N3O2. The number of nitrogens with zero attached hydrogens (tertiary/aromatic N) is 1. The van der Waals surface area contributed by atoms with E-state index in [1.807, 2.05) is 18.2 Å². The number of hydrogen-bond acceptors (Lipinski definition) is 3. The van der Waals surface area contributed by atoms with Crippen LogP contribution in [0.3, 0.4) is 0 Å². The third kappa shape index (κ3) is 1.80. The molecule has 16 heavy (non-hydrogen) atoms. The van der Waals surface area contributed by atoms with Gasteiger partial charge < -0.3 is 5.73 Å². The van der Waals surface area contributed by atoms with Crippen LogP contribution in [0.1, 0.15) is 5.56 Å². The van der Waals surface area contributed by atoms with E-state index in [9.17, 15) is 9.59 Å². The van der Waals surface area contributed by atoms with Crippen LogP contribution < -0.4 is 17.0 Å². The molecule has 0 radical (unpaired) electrons. The molecule has 0 aliphatic carbocycles. The number of H-pyrrole nitrogens is 1. The highest BCUT2D eigenvalue weighted by Crippen LogP contribution is 2.02. The highest BCUT2D eigenvalue weighted by Gasteiger charge is 2.04. The average molecular weight is 217 g/mol. The van der Waals surface area contributed by atoms with Crippen molar-refractivity contribution < 1.29 is 0 Å². The van der Waals surface area contributed by atoms with Crippen molar-refractivity contribution in [2.75, 3.05) is 0 Å². The van der Waals surface area contributed by atoms with Gasteiger partial charge in [-0.25, -0.2) is 4.79 Å². The van der Waals surface area contributed by atoms with Gasteiger partial charge in [-0.1, -0.05) is 18.2 Å². The van der Waals surface area contributed by atoms with Gasteiger partial charge in [0.2, 0.25) is 0 Å². The van der Waals surface area contributed by atoms with Gasteiger partial charge in [-0.2, -0.15) is 0 Å². The minimum atomic E-state index is -0.464. The van der Waals surface area contributed by atoms with Gasteiger partial charge in [-0.15, -0.1) is 0 Å². The maximum absolute atomic E-state index is 11.6. The summed E-state index contributed by atoms with van der Waals surface area (Å²) in [6.45, 7) is 0.0996. The Labute approximate surface area is 91.2 Å². The van der Waals surface area contributed by atoms with Crippen LogP contribution in [0.5, 0.6) is 0 Å². The van der Waals surface area contributed by atoms with Gasteiger partial charge in [0, 0.05) is 18.3 Å². The third-order valence-corrected chi connectivity index (χ3v) is 2.27. The Morgan fingerprint density at radius 3 is 2.50 bits per heavy atom. The lowest BCUT2D eigenvalue weighted by atomic mass is 10.3. The summed E-state index contributed by atoms with van der Waals surface area (Å²) in [5.74, 6) is 0. The van der Waals surface area contributed by atoms with E-state index in [0.717, 1.165) is 0 Å². The molecule has 0 saturated carbocycles. The Balaban J connectivity index is 2.67. The predicted molar refractivity (Wildman–Crippen MR) is 60.6 cm³/mol. The molecule has 1 aromatic heterocycles. The second-order valence-corrected chi connectivity index (χ2v) is 3.32. The largest absolute Gasteiger partial charge is 0.332 e. The van der Waals surface area contributed by atoms with Crippen molar-refractivity contribution in [3.8, 4) is 5.69 Å². The molecular weight excluding hydrogens is 206 g/mol. The van der Waals surface area contributed by atoms with Crippen LogP contribution in [0, 0.1) is 0 Å². The molecule has 3 N–H and O–H groups in total. The first kappa shape index (κ1) is 10.4. The Bertz CT molecular complexity index is 599. The minimum Gasteiger partial charge on any atom is -0.326 e. The van der Waals surface area contributed by atoms with Crippen molar-refractivity contribution in [2.24, 2.45) is 5.73 Å². The number of nitrogens with one attached hydrogen (secondary N) is 1. The van der Waals surface area contributed by atoms with Crippen LogP contribution in [0.15, 0.2) is 46.1 Å². The fourth-order valence-electron chi connectivity index (χ4n) is 1.44. The van der Waals surface area contributed by atoms with E-state index in [1.165, 1.54) is 10.8 Å². The highest BCUT2D eigenvalue weighted by atomic mass is 16.2. The zero-order chi connectivity index (χ0) is 11.5. The Morgan fingerprint density at radius 1 is 1.19 bits per heavy atom. The molecule has 0 saturated heterocycles. The quantitative estimate of drug-likeness (QED) is 0.742. The topological polar surface area (TPSA) is 80.9 Å². The molecule has 0 aliphatic rings. The van der Waals surface area contributed by atoms with Crippen LogP contribution in [-0.2, 0) is 6.54 Å². The fourth-order valence-corrected chi connectivity index (χ4v) is 1.44. The van der Waals surface area contributed by atoms with Gasteiger partial charge in [0.15, 0.2) is 0 Å². The molecule has 82 valence electrons. The van der Waals surface area contributed by atoms with E-state index in [1.54, 1.807) is 12.1 Å². The molecule has 2 rings (SSSR count). The molecule has 2 aromatic rings. The average Bonchev–Trinajstić information content (AvgIpc) is 2.30. The molecule has 1 heterocycles. The number of aromatic amines is 1. The van der Waals surface area contributed by atoms with Crippen LogP contribution in [0.4, 0.5) is 0 Å². The highest BCUT2D eigenvalue weighted by molar-refractivity contribution is 5.31. The van der Waals surface area contributed by atoms with E-state index in [4.69, 9.17) is 5.73 Å². The molecule has 0 atom stereocenters. The van der Waals surface area contributed by atoms with Crippen molar-refractivity contribution in [3.05, 3.63) is 62.9 Å². The Morgan fingerprint density at radius 2 is 1.88 bits per heavy atom. The fraction of sp³-hybridized carbons (Fsp3) is 0.0909. The first-order valence-corrected chi connectivity index (χ1v) is 4.82. The lowest BCUT2D eigenvalue weighted by Gasteiger charge is -2.05. The van der Waals surface area contributed by atoms with Gasteiger partial charge in [0.25, 0.3) is 5.56 Å². The van der Waals surface area contributed by atoms with Crippen molar-refractivity contribution >= 4 is 0 Å². The summed E-state index contributed by atoms with van der Waals surface area (Å²) < 4.78 is 1.36. The van der Waals surface area contributed by atoms with E-state index >= 15 is 0 Å². The maximum atomic E-state index is 11.6. The normalized spacial score (nSPS) is 10.3. The van der Waals surface area contributed by atoms with Crippen LogP contribution in [0.2, 0.25) is 0 Å². The number of rotatable bonds is 2. The second kappa shape index (κ2) is 4.16. The third-order valence-electron chi connectivity index (χ3n) is 2.27. The summed E-state index contributed by atoms with van der Waals surface area (Å²) in [6.07, 6.45) is 1.47. The molecule has 0 bridgehead atoms. The number of aromatic nitrogens is 2. The molecule has 0 unspecified atom stereocenters. The van der Waals surface area contributed by atoms with E-state index in [0.29, 0.717) is 11.3 Å². The van der Waals surface area contributed by atoms with E-state index < -0.39 is 11.2 Å². The van der Waals surface area contributed by atoms with Gasteiger partial charge in [-0.05, 0) is 12.1 Å². The van der Waals surface area contributed by atoms with Gasteiger partial charge in [0.05, 0.1) is 5.69 Å². The summed E-state index contributed by atoms with van der Waals surface area (Å²) in [7, 11) is 0. The molecule has 1 aromatic carbocycles. The maximum Gasteiger partial charge on any atom is 0.332 e. The molecule has 0 fully saturated rings. The minimum absolute atomic E-state index is 0.0996. The standard InChI is InChI=1S/C11H11N3O2/c12-6-8-7-14(11(16)13-10(8)15)9-4-2-1-3-5-9/h1-5,7H,6,12H2,(H,13,15,16). The lowest BCUT2D eigenvalue weighted by molar-refractivity contribution is 0.852. The van der Waals surface area contributed by atoms with Gasteiger partial charge >= 0.3 is 5.69 Å².